The number of carbonyl (C=O) groups excluding carboxylic acids is 1. The lowest BCUT2D eigenvalue weighted by Gasteiger charge is -2.36. The number of aryl methyl sites for hydroxylation is 1. The molecule has 2 aliphatic rings. The lowest BCUT2D eigenvalue weighted by molar-refractivity contribution is -0.131. The second kappa shape index (κ2) is 8.76. The van der Waals surface area contributed by atoms with Crippen LogP contribution in [0, 0.1) is 5.92 Å². The number of fused-ring (bicyclic) bond motifs is 3. The Morgan fingerprint density at radius 3 is 2.72 bits per heavy atom. The minimum Gasteiger partial charge on any atom is -0.352 e. The average molecular weight is 435 g/mol. The number of amides is 1. The van der Waals surface area contributed by atoms with E-state index in [0.717, 1.165) is 67.8 Å². The summed E-state index contributed by atoms with van der Waals surface area (Å²) in [7, 11) is 0. The topological polar surface area (TPSA) is 49.3 Å². The Bertz CT molecular complexity index is 891. The number of aromatic nitrogens is 2. The fraction of sp³-hybridized carbons (Fsp3) is 0.682. The zero-order valence-corrected chi connectivity index (χ0v) is 19.3. The van der Waals surface area contributed by atoms with E-state index in [1.165, 1.54) is 22.2 Å². The summed E-state index contributed by atoms with van der Waals surface area (Å²) in [4.78, 5) is 29.3. The molecular formula is C22H31ClN4OS. The van der Waals surface area contributed by atoms with Gasteiger partial charge in [0.1, 0.15) is 16.5 Å². The van der Waals surface area contributed by atoms with Gasteiger partial charge in [-0.2, -0.15) is 0 Å². The molecule has 2 aromatic heterocycles. The SMILES string of the molecule is CCC(C)c1nc(N2CCN(C(=O)CCCl)CC2)c2c3c(sc2n1)CC(C)CC3. The molecule has 5 nitrogen and oxygen atoms in total. The van der Waals surface area contributed by atoms with Crippen LogP contribution in [0.5, 0.6) is 0 Å². The monoisotopic (exact) mass is 434 g/mol. The highest BCUT2D eigenvalue weighted by atomic mass is 35.5. The van der Waals surface area contributed by atoms with Gasteiger partial charge < -0.3 is 9.80 Å². The molecule has 7 heteroatoms. The van der Waals surface area contributed by atoms with E-state index < -0.39 is 0 Å². The van der Waals surface area contributed by atoms with Crippen LogP contribution in [0.1, 0.15) is 62.2 Å². The Balaban J connectivity index is 1.70. The number of thiophene rings is 1. The molecule has 158 valence electrons. The molecule has 29 heavy (non-hydrogen) atoms. The molecule has 1 saturated heterocycles. The number of nitrogens with zero attached hydrogens (tertiary/aromatic N) is 4. The van der Waals surface area contributed by atoms with Crippen molar-refractivity contribution in [1.82, 2.24) is 14.9 Å². The number of rotatable bonds is 5. The third-order valence-electron chi connectivity index (χ3n) is 6.45. The largest absolute Gasteiger partial charge is 0.352 e. The van der Waals surface area contributed by atoms with Crippen LogP contribution >= 0.6 is 22.9 Å². The van der Waals surface area contributed by atoms with E-state index in [0.29, 0.717) is 18.2 Å². The third kappa shape index (κ3) is 4.11. The fourth-order valence-corrected chi connectivity index (χ4v) is 5.92. The highest BCUT2D eigenvalue weighted by molar-refractivity contribution is 7.19. The molecule has 0 N–H and O–H groups in total. The van der Waals surface area contributed by atoms with Crippen LogP contribution < -0.4 is 4.90 Å². The van der Waals surface area contributed by atoms with E-state index >= 15 is 0 Å². The number of alkyl halides is 1. The van der Waals surface area contributed by atoms with Gasteiger partial charge in [0, 0.05) is 49.3 Å². The molecule has 2 aromatic rings. The van der Waals surface area contributed by atoms with Crippen molar-refractivity contribution in [1.29, 1.82) is 0 Å². The summed E-state index contributed by atoms with van der Waals surface area (Å²) in [6, 6.07) is 0. The maximum atomic E-state index is 12.2. The molecule has 0 bridgehead atoms. The highest BCUT2D eigenvalue weighted by Crippen LogP contribution is 2.41. The van der Waals surface area contributed by atoms with Crippen LogP contribution in [0.15, 0.2) is 0 Å². The third-order valence-corrected chi connectivity index (χ3v) is 7.78. The molecule has 1 amide bonds. The number of anilines is 1. The van der Waals surface area contributed by atoms with Gasteiger partial charge in [0.2, 0.25) is 5.91 Å². The maximum Gasteiger partial charge on any atom is 0.223 e. The van der Waals surface area contributed by atoms with Crippen molar-refractivity contribution >= 4 is 44.9 Å². The summed E-state index contributed by atoms with van der Waals surface area (Å²) in [5.41, 5.74) is 1.48. The predicted molar refractivity (Wildman–Crippen MR) is 121 cm³/mol. The second-order valence-corrected chi connectivity index (χ2v) is 10.0. The average Bonchev–Trinajstić information content (AvgIpc) is 3.10. The van der Waals surface area contributed by atoms with Crippen molar-refractivity contribution in [2.75, 3.05) is 37.0 Å². The highest BCUT2D eigenvalue weighted by Gasteiger charge is 2.29. The molecular weight excluding hydrogens is 404 g/mol. The van der Waals surface area contributed by atoms with Gasteiger partial charge in [0.25, 0.3) is 0 Å². The predicted octanol–water partition coefficient (Wildman–Crippen LogP) is 4.61. The van der Waals surface area contributed by atoms with Crippen molar-refractivity contribution < 1.29 is 4.79 Å². The Kier molecular flexibility index (Phi) is 6.30. The van der Waals surface area contributed by atoms with Gasteiger partial charge in [-0.15, -0.1) is 22.9 Å². The summed E-state index contributed by atoms with van der Waals surface area (Å²) in [6.07, 6.45) is 4.99. The van der Waals surface area contributed by atoms with Crippen LogP contribution in [-0.4, -0.2) is 52.8 Å². The first-order valence-electron chi connectivity index (χ1n) is 10.9. The molecule has 0 aromatic carbocycles. The molecule has 1 aliphatic heterocycles. The Morgan fingerprint density at radius 2 is 2.03 bits per heavy atom. The van der Waals surface area contributed by atoms with E-state index in [1.54, 1.807) is 0 Å². The Morgan fingerprint density at radius 1 is 1.28 bits per heavy atom. The van der Waals surface area contributed by atoms with Crippen LogP contribution in [0.2, 0.25) is 0 Å². The van der Waals surface area contributed by atoms with Gasteiger partial charge in [-0.25, -0.2) is 9.97 Å². The summed E-state index contributed by atoms with van der Waals surface area (Å²) < 4.78 is 0. The Hall–Kier alpha value is -1.40. The first-order valence-corrected chi connectivity index (χ1v) is 12.3. The van der Waals surface area contributed by atoms with Crippen molar-refractivity contribution in [3.8, 4) is 0 Å². The molecule has 0 radical (unpaired) electrons. The molecule has 4 rings (SSSR count). The van der Waals surface area contributed by atoms with Crippen molar-refractivity contribution in [2.24, 2.45) is 5.92 Å². The summed E-state index contributed by atoms with van der Waals surface area (Å²) in [5.74, 6) is 3.71. The minimum atomic E-state index is 0.162. The van der Waals surface area contributed by atoms with Crippen molar-refractivity contribution in [2.45, 2.75) is 58.8 Å². The van der Waals surface area contributed by atoms with E-state index in [-0.39, 0.29) is 5.91 Å². The van der Waals surface area contributed by atoms with E-state index in [9.17, 15) is 4.79 Å². The van der Waals surface area contributed by atoms with E-state index in [4.69, 9.17) is 21.6 Å². The number of piperazine rings is 1. The summed E-state index contributed by atoms with van der Waals surface area (Å²) >= 11 is 7.64. The maximum absolute atomic E-state index is 12.2. The Labute approximate surface area is 182 Å². The number of halogens is 1. The standard InChI is InChI=1S/C22H31ClN4OS/c1-4-15(3)20-24-21(27-11-9-26(10-12-27)18(28)7-8-23)19-16-6-5-14(2)13-17(16)29-22(19)25-20/h14-15H,4-13H2,1-3H3. The van der Waals surface area contributed by atoms with Gasteiger partial charge in [-0.1, -0.05) is 20.8 Å². The number of hydrogen-bond acceptors (Lipinski definition) is 5. The second-order valence-electron chi connectivity index (χ2n) is 8.55. The van der Waals surface area contributed by atoms with Crippen molar-refractivity contribution in [3.05, 3.63) is 16.3 Å². The van der Waals surface area contributed by atoms with Crippen LogP contribution in [0.4, 0.5) is 5.82 Å². The zero-order valence-electron chi connectivity index (χ0n) is 17.7. The molecule has 0 spiro atoms. The van der Waals surface area contributed by atoms with E-state index in [2.05, 4.69) is 25.7 Å². The first-order chi connectivity index (χ1) is 14.0. The molecule has 1 fully saturated rings. The molecule has 2 atom stereocenters. The van der Waals surface area contributed by atoms with E-state index in [1.807, 2.05) is 16.2 Å². The van der Waals surface area contributed by atoms with Gasteiger partial charge in [-0.05, 0) is 37.2 Å². The van der Waals surface area contributed by atoms with Crippen LogP contribution in [0.25, 0.3) is 10.2 Å². The lowest BCUT2D eigenvalue weighted by Crippen LogP contribution is -2.49. The molecule has 1 aliphatic carbocycles. The summed E-state index contributed by atoms with van der Waals surface area (Å²) in [5, 5.41) is 1.28. The van der Waals surface area contributed by atoms with Gasteiger partial charge in [0.05, 0.1) is 5.39 Å². The molecule has 0 saturated carbocycles. The van der Waals surface area contributed by atoms with Gasteiger partial charge >= 0.3 is 0 Å². The fourth-order valence-electron chi connectivity index (χ4n) is 4.38. The summed E-state index contributed by atoms with van der Waals surface area (Å²) in [6.45, 7) is 9.87. The van der Waals surface area contributed by atoms with Crippen LogP contribution in [0.3, 0.4) is 0 Å². The lowest BCUT2D eigenvalue weighted by atomic mass is 9.89. The minimum absolute atomic E-state index is 0.162. The van der Waals surface area contributed by atoms with Crippen LogP contribution in [-0.2, 0) is 17.6 Å². The molecule has 3 heterocycles. The quantitative estimate of drug-likeness (QED) is 0.645. The number of carbonyl (C=O) groups is 1. The zero-order chi connectivity index (χ0) is 20.5. The number of hydrogen-bond donors (Lipinski definition) is 0. The smallest absolute Gasteiger partial charge is 0.223 e. The van der Waals surface area contributed by atoms with Gasteiger partial charge in [-0.3, -0.25) is 4.79 Å². The van der Waals surface area contributed by atoms with Crippen molar-refractivity contribution in [3.63, 3.8) is 0 Å². The van der Waals surface area contributed by atoms with Gasteiger partial charge in [0.15, 0.2) is 0 Å². The normalized spacial score (nSPS) is 20.8. The first kappa shape index (κ1) is 20.9. The molecule has 2 unspecified atom stereocenters.